The third kappa shape index (κ3) is 5.49. The number of benzene rings is 1. The minimum Gasteiger partial charge on any atom is -0.304 e. The van der Waals surface area contributed by atoms with E-state index in [0.29, 0.717) is 0 Å². The summed E-state index contributed by atoms with van der Waals surface area (Å²) in [5, 5.41) is 1.56. The summed E-state index contributed by atoms with van der Waals surface area (Å²) in [4.78, 5) is 2.51. The molecule has 0 fully saturated rings. The standard InChI is InChI=1S/C17H31NSi/c1-7-18(8-2)14-15(3)13-16-9-11-17(12-10-16)19(4,5)6/h9-12,15H,7-8,13-14H2,1-6H3. The van der Waals surface area contributed by atoms with Crippen LogP contribution in [0.15, 0.2) is 24.3 Å². The van der Waals surface area contributed by atoms with Gasteiger partial charge in [0.2, 0.25) is 0 Å². The molecule has 0 aliphatic heterocycles. The van der Waals surface area contributed by atoms with E-state index in [1.807, 2.05) is 0 Å². The van der Waals surface area contributed by atoms with Gasteiger partial charge in [-0.25, -0.2) is 0 Å². The average molecular weight is 278 g/mol. The Morgan fingerprint density at radius 3 is 1.95 bits per heavy atom. The largest absolute Gasteiger partial charge is 0.304 e. The summed E-state index contributed by atoms with van der Waals surface area (Å²) < 4.78 is 0. The molecule has 0 N–H and O–H groups in total. The Morgan fingerprint density at radius 2 is 1.53 bits per heavy atom. The van der Waals surface area contributed by atoms with E-state index in [2.05, 4.69) is 69.6 Å². The number of hydrogen-bond donors (Lipinski definition) is 0. The SMILES string of the molecule is CCN(CC)CC(C)Cc1ccc([Si](C)(C)C)cc1. The topological polar surface area (TPSA) is 3.24 Å². The van der Waals surface area contributed by atoms with E-state index in [1.165, 1.54) is 18.5 Å². The zero-order chi connectivity index (χ0) is 14.5. The van der Waals surface area contributed by atoms with Gasteiger partial charge >= 0.3 is 0 Å². The Kier molecular flexibility index (Phi) is 6.28. The molecule has 0 radical (unpaired) electrons. The van der Waals surface area contributed by atoms with Gasteiger partial charge in [0.05, 0.1) is 8.07 Å². The minimum absolute atomic E-state index is 0.734. The van der Waals surface area contributed by atoms with Gasteiger partial charge in [-0.1, -0.05) is 69.9 Å². The van der Waals surface area contributed by atoms with Crippen molar-refractivity contribution >= 4 is 13.3 Å². The Morgan fingerprint density at radius 1 is 1.00 bits per heavy atom. The first kappa shape index (κ1) is 16.5. The zero-order valence-electron chi connectivity index (χ0n) is 13.7. The van der Waals surface area contributed by atoms with Gasteiger partial charge in [-0.15, -0.1) is 0 Å². The summed E-state index contributed by atoms with van der Waals surface area (Å²) in [7, 11) is -1.14. The lowest BCUT2D eigenvalue weighted by Gasteiger charge is -2.23. The van der Waals surface area contributed by atoms with Gasteiger partial charge in [-0.05, 0) is 31.0 Å². The first-order valence-corrected chi connectivity index (χ1v) is 11.2. The molecule has 0 bridgehead atoms. The van der Waals surface area contributed by atoms with Crippen LogP contribution in [0.4, 0.5) is 0 Å². The molecule has 2 heteroatoms. The lowest BCUT2D eigenvalue weighted by atomic mass is 10.0. The first-order chi connectivity index (χ1) is 8.86. The fourth-order valence-electron chi connectivity index (χ4n) is 2.53. The fraction of sp³-hybridized carbons (Fsp3) is 0.647. The minimum atomic E-state index is -1.14. The van der Waals surface area contributed by atoms with Crippen LogP contribution in [0.5, 0.6) is 0 Å². The molecular weight excluding hydrogens is 246 g/mol. The predicted octanol–water partition coefficient (Wildman–Crippen LogP) is 3.75. The van der Waals surface area contributed by atoms with Gasteiger partial charge in [0.15, 0.2) is 0 Å². The molecule has 0 spiro atoms. The molecule has 1 rings (SSSR count). The summed E-state index contributed by atoms with van der Waals surface area (Å²) in [6.07, 6.45) is 1.20. The Labute approximate surface area is 121 Å². The fourth-order valence-corrected chi connectivity index (χ4v) is 3.70. The maximum atomic E-state index is 2.51. The van der Waals surface area contributed by atoms with E-state index in [1.54, 1.807) is 5.19 Å². The average Bonchev–Trinajstić information content (AvgIpc) is 2.35. The van der Waals surface area contributed by atoms with Crippen molar-refractivity contribution in [1.29, 1.82) is 0 Å². The van der Waals surface area contributed by atoms with Gasteiger partial charge in [0.25, 0.3) is 0 Å². The molecule has 0 saturated carbocycles. The Hall–Kier alpha value is -0.603. The molecule has 19 heavy (non-hydrogen) atoms. The van der Waals surface area contributed by atoms with E-state index >= 15 is 0 Å². The first-order valence-electron chi connectivity index (χ1n) is 7.68. The molecule has 1 aromatic rings. The molecule has 108 valence electrons. The number of hydrogen-bond acceptors (Lipinski definition) is 1. The number of rotatable bonds is 7. The molecule has 0 aliphatic carbocycles. The molecule has 0 heterocycles. The molecule has 0 saturated heterocycles. The maximum Gasteiger partial charge on any atom is 0.0775 e. The molecule has 1 aromatic carbocycles. The van der Waals surface area contributed by atoms with Crippen molar-refractivity contribution in [1.82, 2.24) is 4.90 Å². The van der Waals surface area contributed by atoms with Crippen LogP contribution in [0.2, 0.25) is 19.6 Å². The molecule has 1 atom stereocenters. The summed E-state index contributed by atoms with van der Waals surface area (Å²) >= 11 is 0. The zero-order valence-corrected chi connectivity index (χ0v) is 14.7. The van der Waals surface area contributed by atoms with Crippen LogP contribution in [-0.4, -0.2) is 32.6 Å². The lowest BCUT2D eigenvalue weighted by Crippen LogP contribution is -2.37. The van der Waals surface area contributed by atoms with E-state index < -0.39 is 8.07 Å². The second-order valence-corrected chi connectivity index (χ2v) is 11.8. The van der Waals surface area contributed by atoms with Gasteiger partial charge in [0, 0.05) is 6.54 Å². The van der Waals surface area contributed by atoms with Crippen LogP contribution in [0.25, 0.3) is 0 Å². The third-order valence-electron chi connectivity index (χ3n) is 3.87. The van der Waals surface area contributed by atoms with E-state index in [4.69, 9.17) is 0 Å². The van der Waals surface area contributed by atoms with Gasteiger partial charge in [-0.3, -0.25) is 0 Å². The highest BCUT2D eigenvalue weighted by molar-refractivity contribution is 6.88. The monoisotopic (exact) mass is 277 g/mol. The summed E-state index contributed by atoms with van der Waals surface area (Å²) in [5.41, 5.74) is 1.49. The molecule has 0 aliphatic rings. The summed E-state index contributed by atoms with van der Waals surface area (Å²) in [5.74, 6) is 0.734. The van der Waals surface area contributed by atoms with Crippen molar-refractivity contribution in [3.63, 3.8) is 0 Å². The molecule has 0 aromatic heterocycles. The Balaban J connectivity index is 2.58. The highest BCUT2D eigenvalue weighted by atomic mass is 28.3. The Bertz CT molecular complexity index is 360. The molecule has 1 nitrogen and oxygen atoms in total. The molecular formula is C17H31NSi. The second-order valence-electron chi connectivity index (χ2n) is 6.74. The third-order valence-corrected chi connectivity index (χ3v) is 5.93. The van der Waals surface area contributed by atoms with Gasteiger partial charge in [-0.2, -0.15) is 0 Å². The normalized spacial score (nSPS) is 13.8. The predicted molar refractivity (Wildman–Crippen MR) is 90.1 cm³/mol. The van der Waals surface area contributed by atoms with Crippen molar-refractivity contribution in [3.05, 3.63) is 29.8 Å². The van der Waals surface area contributed by atoms with Gasteiger partial charge in [0.1, 0.15) is 0 Å². The molecule has 0 amide bonds. The van der Waals surface area contributed by atoms with Crippen LogP contribution in [0, 0.1) is 5.92 Å². The quantitative estimate of drug-likeness (QED) is 0.686. The summed E-state index contributed by atoms with van der Waals surface area (Å²) in [6, 6.07) is 9.38. The van der Waals surface area contributed by atoms with Crippen LogP contribution in [-0.2, 0) is 6.42 Å². The smallest absolute Gasteiger partial charge is 0.0775 e. The molecule has 1 unspecified atom stereocenters. The number of nitrogens with zero attached hydrogens (tertiary/aromatic N) is 1. The van der Waals surface area contributed by atoms with Crippen molar-refractivity contribution in [2.75, 3.05) is 19.6 Å². The van der Waals surface area contributed by atoms with Crippen molar-refractivity contribution in [2.45, 2.75) is 46.8 Å². The van der Waals surface area contributed by atoms with Crippen LogP contribution in [0.3, 0.4) is 0 Å². The lowest BCUT2D eigenvalue weighted by molar-refractivity contribution is 0.260. The van der Waals surface area contributed by atoms with Crippen molar-refractivity contribution < 1.29 is 0 Å². The second kappa shape index (κ2) is 7.25. The van der Waals surface area contributed by atoms with Crippen LogP contribution >= 0.6 is 0 Å². The maximum absolute atomic E-state index is 2.51. The highest BCUT2D eigenvalue weighted by Gasteiger charge is 2.16. The van der Waals surface area contributed by atoms with E-state index in [-0.39, 0.29) is 0 Å². The highest BCUT2D eigenvalue weighted by Crippen LogP contribution is 2.11. The summed E-state index contributed by atoms with van der Waals surface area (Å²) in [6.45, 7) is 17.6. The van der Waals surface area contributed by atoms with Crippen LogP contribution in [0.1, 0.15) is 26.3 Å². The van der Waals surface area contributed by atoms with Crippen molar-refractivity contribution in [2.24, 2.45) is 5.92 Å². The van der Waals surface area contributed by atoms with Crippen LogP contribution < -0.4 is 5.19 Å². The van der Waals surface area contributed by atoms with Gasteiger partial charge < -0.3 is 4.90 Å². The van der Waals surface area contributed by atoms with E-state index in [9.17, 15) is 0 Å². The van der Waals surface area contributed by atoms with E-state index in [0.717, 1.165) is 19.0 Å². The van der Waals surface area contributed by atoms with Crippen molar-refractivity contribution in [3.8, 4) is 0 Å².